The molecule has 6 nitrogen and oxygen atoms in total. The number of aliphatic hydroxyl groups excluding tert-OH is 1. The van der Waals surface area contributed by atoms with Gasteiger partial charge in [-0.25, -0.2) is 0 Å². The fraction of sp³-hybridized carbons (Fsp3) is 0.133. The maximum atomic E-state index is 11.0. The van der Waals surface area contributed by atoms with Gasteiger partial charge in [-0.05, 0) is 36.8 Å². The quantitative estimate of drug-likeness (QED) is 0.686. The molecule has 0 spiro atoms. The van der Waals surface area contributed by atoms with Crippen molar-refractivity contribution in [3.8, 4) is 17.6 Å². The van der Waals surface area contributed by atoms with Gasteiger partial charge in [0.15, 0.2) is 0 Å². The number of nitriles is 1. The van der Waals surface area contributed by atoms with Gasteiger partial charge >= 0.3 is 5.69 Å². The molecule has 2 rings (SSSR count). The number of nitro groups is 1. The van der Waals surface area contributed by atoms with Crippen LogP contribution in [0.3, 0.4) is 0 Å². The Morgan fingerprint density at radius 2 is 1.95 bits per heavy atom. The lowest BCUT2D eigenvalue weighted by Crippen LogP contribution is -1.95. The zero-order chi connectivity index (χ0) is 15.4. The maximum Gasteiger partial charge on any atom is 0.312 e. The molecule has 106 valence electrons. The zero-order valence-electron chi connectivity index (χ0n) is 11.2. The van der Waals surface area contributed by atoms with E-state index in [0.717, 1.165) is 5.56 Å². The predicted octanol–water partition coefficient (Wildman–Crippen LogP) is 3.31. The number of aliphatic hydroxyl groups is 1. The van der Waals surface area contributed by atoms with Gasteiger partial charge < -0.3 is 9.84 Å². The molecule has 0 aliphatic rings. The Labute approximate surface area is 121 Å². The van der Waals surface area contributed by atoms with Gasteiger partial charge in [-0.15, -0.1) is 0 Å². The third kappa shape index (κ3) is 3.35. The van der Waals surface area contributed by atoms with Crippen LogP contribution in [0.15, 0.2) is 42.5 Å². The van der Waals surface area contributed by atoms with Crippen molar-refractivity contribution in [1.82, 2.24) is 0 Å². The van der Waals surface area contributed by atoms with Crippen molar-refractivity contribution < 1.29 is 14.8 Å². The highest BCUT2D eigenvalue weighted by Gasteiger charge is 2.17. The number of benzene rings is 2. The summed E-state index contributed by atoms with van der Waals surface area (Å²) in [7, 11) is 0. The molecule has 0 aromatic heterocycles. The van der Waals surface area contributed by atoms with E-state index in [1.54, 1.807) is 31.2 Å². The van der Waals surface area contributed by atoms with E-state index in [1.807, 2.05) is 6.07 Å². The molecule has 0 amide bonds. The highest BCUT2D eigenvalue weighted by atomic mass is 16.6. The van der Waals surface area contributed by atoms with E-state index in [4.69, 9.17) is 10.00 Å². The topological polar surface area (TPSA) is 96.4 Å². The van der Waals surface area contributed by atoms with Crippen LogP contribution in [0, 0.1) is 21.4 Å². The minimum Gasteiger partial charge on any atom is -0.450 e. The summed E-state index contributed by atoms with van der Waals surface area (Å²) < 4.78 is 5.47. The third-order valence-electron chi connectivity index (χ3n) is 2.88. The monoisotopic (exact) mass is 284 g/mol. The second-order valence-electron chi connectivity index (χ2n) is 4.40. The van der Waals surface area contributed by atoms with E-state index in [2.05, 4.69) is 0 Å². The molecule has 0 saturated carbocycles. The Kier molecular flexibility index (Phi) is 4.16. The minimum absolute atomic E-state index is 0.0591. The summed E-state index contributed by atoms with van der Waals surface area (Å²) in [6.45, 7) is 1.64. The molecule has 21 heavy (non-hydrogen) atoms. The van der Waals surface area contributed by atoms with Crippen LogP contribution in [0.2, 0.25) is 0 Å². The van der Waals surface area contributed by atoms with Crippen LogP contribution < -0.4 is 4.74 Å². The smallest absolute Gasteiger partial charge is 0.312 e. The summed E-state index contributed by atoms with van der Waals surface area (Å²) in [5.41, 5.74) is 0.642. The lowest BCUT2D eigenvalue weighted by Gasteiger charge is -2.08. The Hall–Kier alpha value is -2.91. The Morgan fingerprint density at radius 1 is 1.29 bits per heavy atom. The first kappa shape index (κ1) is 14.5. The Balaban J connectivity index is 2.31. The van der Waals surface area contributed by atoms with Crippen molar-refractivity contribution in [2.45, 2.75) is 13.0 Å². The SMILES string of the molecule is C[C@@H](O)c1ccc(Oc2ccc(C#N)cc2[N+](=O)[O-])cc1. The molecular weight excluding hydrogens is 272 g/mol. The molecule has 1 N–H and O–H groups in total. The van der Waals surface area contributed by atoms with Crippen LogP contribution in [-0.4, -0.2) is 10.0 Å². The maximum absolute atomic E-state index is 11.0. The van der Waals surface area contributed by atoms with Crippen LogP contribution in [0.4, 0.5) is 5.69 Å². The van der Waals surface area contributed by atoms with Gasteiger partial charge in [0.1, 0.15) is 5.75 Å². The fourth-order valence-electron chi connectivity index (χ4n) is 1.76. The molecule has 0 heterocycles. The van der Waals surface area contributed by atoms with E-state index in [9.17, 15) is 15.2 Å². The Bertz CT molecular complexity index is 703. The molecule has 2 aromatic rings. The van der Waals surface area contributed by atoms with Gasteiger partial charge in [0.25, 0.3) is 0 Å². The van der Waals surface area contributed by atoms with Crippen molar-refractivity contribution in [1.29, 1.82) is 5.26 Å². The van der Waals surface area contributed by atoms with E-state index in [-0.39, 0.29) is 17.0 Å². The molecule has 1 atom stereocenters. The molecular formula is C15H12N2O4. The average Bonchev–Trinajstić information content (AvgIpc) is 2.48. The van der Waals surface area contributed by atoms with Crippen LogP contribution in [0.1, 0.15) is 24.2 Å². The number of rotatable bonds is 4. The largest absolute Gasteiger partial charge is 0.450 e. The van der Waals surface area contributed by atoms with Crippen LogP contribution >= 0.6 is 0 Å². The number of nitro benzene ring substituents is 1. The number of hydrogen-bond donors (Lipinski definition) is 1. The fourth-order valence-corrected chi connectivity index (χ4v) is 1.76. The lowest BCUT2D eigenvalue weighted by molar-refractivity contribution is -0.385. The van der Waals surface area contributed by atoms with Crippen molar-refractivity contribution in [3.05, 3.63) is 63.7 Å². The molecule has 2 aromatic carbocycles. The zero-order valence-corrected chi connectivity index (χ0v) is 11.2. The number of ether oxygens (including phenoxy) is 1. The molecule has 0 bridgehead atoms. The standard InChI is InChI=1S/C15H12N2O4/c1-10(18)12-3-5-13(6-4-12)21-15-7-2-11(9-16)8-14(15)17(19)20/h2-8,10,18H,1H3/t10-/m1/s1. The van der Waals surface area contributed by atoms with E-state index >= 15 is 0 Å². The molecule has 0 aliphatic heterocycles. The number of nitrogens with zero attached hydrogens (tertiary/aromatic N) is 2. The third-order valence-corrected chi connectivity index (χ3v) is 2.88. The highest BCUT2D eigenvalue weighted by Crippen LogP contribution is 2.32. The summed E-state index contributed by atoms with van der Waals surface area (Å²) in [4.78, 5) is 10.4. The molecule has 0 saturated heterocycles. The average molecular weight is 284 g/mol. The van der Waals surface area contributed by atoms with Gasteiger partial charge in [-0.2, -0.15) is 5.26 Å². The highest BCUT2D eigenvalue weighted by molar-refractivity contribution is 5.53. The summed E-state index contributed by atoms with van der Waals surface area (Å²) in [5, 5.41) is 29.2. The predicted molar refractivity (Wildman–Crippen MR) is 75.0 cm³/mol. The summed E-state index contributed by atoms with van der Waals surface area (Å²) in [6.07, 6.45) is -0.594. The number of hydrogen-bond acceptors (Lipinski definition) is 5. The van der Waals surface area contributed by atoms with Crippen molar-refractivity contribution in [2.24, 2.45) is 0 Å². The molecule has 0 fully saturated rings. The first-order chi connectivity index (χ1) is 10.0. The summed E-state index contributed by atoms with van der Waals surface area (Å²) in [6, 6.07) is 12.4. The summed E-state index contributed by atoms with van der Waals surface area (Å²) in [5.74, 6) is 0.469. The van der Waals surface area contributed by atoms with Crippen molar-refractivity contribution >= 4 is 5.69 Å². The normalized spacial score (nSPS) is 11.5. The second kappa shape index (κ2) is 6.03. The van der Waals surface area contributed by atoms with Gasteiger partial charge in [-0.3, -0.25) is 10.1 Å². The van der Waals surface area contributed by atoms with E-state index < -0.39 is 11.0 Å². The van der Waals surface area contributed by atoms with Crippen LogP contribution in [0.25, 0.3) is 0 Å². The molecule has 0 radical (unpaired) electrons. The molecule has 0 aliphatic carbocycles. The van der Waals surface area contributed by atoms with Gasteiger partial charge in [0, 0.05) is 6.07 Å². The van der Waals surface area contributed by atoms with E-state index in [0.29, 0.717) is 5.75 Å². The van der Waals surface area contributed by atoms with Gasteiger partial charge in [-0.1, -0.05) is 12.1 Å². The summed E-state index contributed by atoms with van der Waals surface area (Å²) >= 11 is 0. The van der Waals surface area contributed by atoms with Gasteiger partial charge in [0.2, 0.25) is 5.75 Å². The van der Waals surface area contributed by atoms with Crippen molar-refractivity contribution in [3.63, 3.8) is 0 Å². The van der Waals surface area contributed by atoms with Crippen LogP contribution in [0.5, 0.6) is 11.5 Å². The first-order valence-corrected chi connectivity index (χ1v) is 6.15. The van der Waals surface area contributed by atoms with Crippen LogP contribution in [-0.2, 0) is 0 Å². The molecule has 0 unspecified atom stereocenters. The Morgan fingerprint density at radius 3 is 2.48 bits per heavy atom. The van der Waals surface area contributed by atoms with Crippen molar-refractivity contribution in [2.75, 3.05) is 0 Å². The second-order valence-corrected chi connectivity index (χ2v) is 4.40. The molecule has 6 heteroatoms. The minimum atomic E-state index is -0.597. The lowest BCUT2D eigenvalue weighted by atomic mass is 10.1. The van der Waals surface area contributed by atoms with E-state index in [1.165, 1.54) is 18.2 Å². The first-order valence-electron chi connectivity index (χ1n) is 6.15. The van der Waals surface area contributed by atoms with Gasteiger partial charge in [0.05, 0.1) is 22.7 Å².